The first kappa shape index (κ1) is 21.8. The van der Waals surface area contributed by atoms with Gasteiger partial charge in [-0.2, -0.15) is 0 Å². The van der Waals surface area contributed by atoms with Crippen LogP contribution in [-0.2, 0) is 6.54 Å². The monoisotopic (exact) mass is 447 g/mol. The van der Waals surface area contributed by atoms with E-state index < -0.39 is 0 Å². The number of pyridine rings is 1. The molecule has 0 saturated carbocycles. The van der Waals surface area contributed by atoms with Crippen LogP contribution in [0.3, 0.4) is 0 Å². The summed E-state index contributed by atoms with van der Waals surface area (Å²) in [6.45, 7) is 3.12. The number of amides is 1. The van der Waals surface area contributed by atoms with E-state index in [0.29, 0.717) is 23.8 Å². The molecule has 6 nitrogen and oxygen atoms in total. The van der Waals surface area contributed by atoms with E-state index in [1.807, 2.05) is 48.5 Å². The van der Waals surface area contributed by atoms with E-state index in [1.165, 1.54) is 11.3 Å². The Bertz CT molecular complexity index is 1180. The SMILES string of the molecule is CCCCOc1ccc(C(=O)N(Cc2ccccn2)c2nc3cc(OC)ccc3s2)cc1. The predicted octanol–water partition coefficient (Wildman–Crippen LogP) is 5.73. The van der Waals surface area contributed by atoms with Crippen molar-refractivity contribution in [3.8, 4) is 11.5 Å². The smallest absolute Gasteiger partial charge is 0.260 e. The molecule has 2 aromatic carbocycles. The minimum absolute atomic E-state index is 0.137. The molecule has 0 saturated heterocycles. The van der Waals surface area contributed by atoms with Crippen LogP contribution in [0.15, 0.2) is 66.9 Å². The zero-order valence-corrected chi connectivity index (χ0v) is 19.0. The van der Waals surface area contributed by atoms with E-state index in [9.17, 15) is 4.79 Å². The highest BCUT2D eigenvalue weighted by Crippen LogP contribution is 2.32. The Kier molecular flexibility index (Phi) is 6.97. The fourth-order valence-electron chi connectivity index (χ4n) is 3.20. The van der Waals surface area contributed by atoms with Crippen LogP contribution in [0.4, 0.5) is 5.13 Å². The second-order valence-electron chi connectivity index (χ2n) is 7.27. The number of ether oxygens (including phenoxy) is 2. The van der Waals surface area contributed by atoms with Crippen molar-refractivity contribution >= 4 is 32.6 Å². The molecule has 1 amide bonds. The highest BCUT2D eigenvalue weighted by molar-refractivity contribution is 7.22. The van der Waals surface area contributed by atoms with E-state index in [1.54, 1.807) is 30.3 Å². The van der Waals surface area contributed by atoms with Gasteiger partial charge in [-0.1, -0.05) is 30.7 Å². The molecule has 7 heteroatoms. The fraction of sp³-hybridized carbons (Fsp3) is 0.240. The first-order valence-corrected chi connectivity index (χ1v) is 11.4. The van der Waals surface area contributed by atoms with Crippen molar-refractivity contribution in [1.82, 2.24) is 9.97 Å². The lowest BCUT2D eigenvalue weighted by Crippen LogP contribution is -2.30. The van der Waals surface area contributed by atoms with E-state index in [0.717, 1.165) is 40.3 Å². The normalized spacial score (nSPS) is 10.8. The number of carbonyl (C=O) groups is 1. The number of aromatic nitrogens is 2. The quantitative estimate of drug-likeness (QED) is 0.307. The molecule has 0 spiro atoms. The zero-order chi connectivity index (χ0) is 22.3. The lowest BCUT2D eigenvalue weighted by atomic mass is 10.2. The molecule has 2 aromatic heterocycles. The molecule has 0 aliphatic heterocycles. The second kappa shape index (κ2) is 10.2. The molecule has 0 atom stereocenters. The summed E-state index contributed by atoms with van der Waals surface area (Å²) in [7, 11) is 1.63. The van der Waals surface area contributed by atoms with Crippen LogP contribution in [0.5, 0.6) is 11.5 Å². The first-order chi connectivity index (χ1) is 15.7. The van der Waals surface area contributed by atoms with Gasteiger partial charge in [-0.05, 0) is 55.0 Å². The molecule has 0 N–H and O–H groups in total. The van der Waals surface area contributed by atoms with Crippen LogP contribution in [0.25, 0.3) is 10.2 Å². The van der Waals surface area contributed by atoms with Crippen molar-refractivity contribution < 1.29 is 14.3 Å². The summed E-state index contributed by atoms with van der Waals surface area (Å²) in [6, 6.07) is 18.7. The number of hydrogen-bond acceptors (Lipinski definition) is 6. The minimum atomic E-state index is -0.137. The van der Waals surface area contributed by atoms with Gasteiger partial charge in [0, 0.05) is 17.8 Å². The standard InChI is InChI=1S/C25H25N3O3S/c1-3-4-15-31-20-10-8-18(9-11-20)24(29)28(17-19-7-5-6-14-26-19)25-27-22-16-21(30-2)12-13-23(22)32-25/h5-14,16H,3-4,15,17H2,1-2H3. The summed E-state index contributed by atoms with van der Waals surface area (Å²) in [4.78, 5) is 24.3. The average molecular weight is 448 g/mol. The van der Waals surface area contributed by atoms with E-state index in [-0.39, 0.29) is 5.91 Å². The Hall–Kier alpha value is -3.45. The molecule has 4 rings (SSSR count). The third-order valence-electron chi connectivity index (χ3n) is 4.97. The molecule has 0 unspecified atom stereocenters. The van der Waals surface area contributed by atoms with E-state index in [4.69, 9.17) is 14.5 Å². The zero-order valence-electron chi connectivity index (χ0n) is 18.2. The van der Waals surface area contributed by atoms with Gasteiger partial charge in [-0.3, -0.25) is 14.7 Å². The molecular formula is C25H25N3O3S. The van der Waals surface area contributed by atoms with Gasteiger partial charge in [0.1, 0.15) is 11.5 Å². The van der Waals surface area contributed by atoms with Crippen molar-refractivity contribution in [2.75, 3.05) is 18.6 Å². The van der Waals surface area contributed by atoms with Gasteiger partial charge in [0.25, 0.3) is 5.91 Å². The summed E-state index contributed by atoms with van der Waals surface area (Å²) in [6.07, 6.45) is 3.80. The Morgan fingerprint density at radius 2 is 1.88 bits per heavy atom. The van der Waals surface area contributed by atoms with Crippen LogP contribution in [0.1, 0.15) is 35.8 Å². The Balaban J connectivity index is 1.64. The molecule has 0 aliphatic rings. The minimum Gasteiger partial charge on any atom is -0.497 e. The number of fused-ring (bicyclic) bond motifs is 1. The van der Waals surface area contributed by atoms with Crippen LogP contribution in [-0.4, -0.2) is 29.6 Å². The largest absolute Gasteiger partial charge is 0.497 e. The topological polar surface area (TPSA) is 64.5 Å². The molecule has 32 heavy (non-hydrogen) atoms. The molecule has 0 fully saturated rings. The number of hydrogen-bond donors (Lipinski definition) is 0. The van der Waals surface area contributed by atoms with E-state index in [2.05, 4.69) is 11.9 Å². The van der Waals surface area contributed by atoms with Crippen molar-refractivity contribution in [2.45, 2.75) is 26.3 Å². The molecule has 4 aromatic rings. The Labute approximate surface area is 191 Å². The van der Waals surface area contributed by atoms with Crippen LogP contribution < -0.4 is 14.4 Å². The third-order valence-corrected chi connectivity index (χ3v) is 6.03. The summed E-state index contributed by atoms with van der Waals surface area (Å²) in [5.74, 6) is 1.36. The Morgan fingerprint density at radius 3 is 2.59 bits per heavy atom. The van der Waals surface area contributed by atoms with Gasteiger partial charge in [0.15, 0.2) is 5.13 Å². The fourth-order valence-corrected chi connectivity index (χ4v) is 4.14. The van der Waals surface area contributed by atoms with Crippen LogP contribution >= 0.6 is 11.3 Å². The van der Waals surface area contributed by atoms with Gasteiger partial charge in [-0.25, -0.2) is 4.98 Å². The molecule has 164 valence electrons. The van der Waals surface area contributed by atoms with Crippen LogP contribution in [0.2, 0.25) is 0 Å². The van der Waals surface area contributed by atoms with Crippen molar-refractivity contribution in [1.29, 1.82) is 0 Å². The lowest BCUT2D eigenvalue weighted by Gasteiger charge is -2.19. The number of unbranched alkanes of at least 4 members (excludes halogenated alkanes) is 1. The van der Waals surface area contributed by atoms with Gasteiger partial charge < -0.3 is 9.47 Å². The van der Waals surface area contributed by atoms with Crippen molar-refractivity contribution in [2.24, 2.45) is 0 Å². The Morgan fingerprint density at radius 1 is 1.06 bits per heavy atom. The number of benzene rings is 2. The van der Waals surface area contributed by atoms with Crippen LogP contribution in [0, 0.1) is 0 Å². The second-order valence-corrected chi connectivity index (χ2v) is 8.28. The maximum atomic E-state index is 13.5. The van der Waals surface area contributed by atoms with Crippen molar-refractivity contribution in [3.63, 3.8) is 0 Å². The number of carbonyl (C=O) groups excluding carboxylic acids is 1. The van der Waals surface area contributed by atoms with Gasteiger partial charge in [0.2, 0.25) is 0 Å². The summed E-state index contributed by atoms with van der Waals surface area (Å²) >= 11 is 1.47. The van der Waals surface area contributed by atoms with Gasteiger partial charge >= 0.3 is 0 Å². The summed E-state index contributed by atoms with van der Waals surface area (Å²) in [5.41, 5.74) is 2.15. The lowest BCUT2D eigenvalue weighted by molar-refractivity contribution is 0.0985. The molecular weight excluding hydrogens is 422 g/mol. The molecule has 0 aliphatic carbocycles. The highest BCUT2D eigenvalue weighted by atomic mass is 32.1. The van der Waals surface area contributed by atoms with Crippen molar-refractivity contribution in [3.05, 3.63) is 78.1 Å². The maximum Gasteiger partial charge on any atom is 0.260 e. The molecule has 2 heterocycles. The summed E-state index contributed by atoms with van der Waals surface area (Å²) in [5, 5.41) is 0.618. The molecule has 0 bridgehead atoms. The number of nitrogens with zero attached hydrogens (tertiary/aromatic N) is 3. The summed E-state index contributed by atoms with van der Waals surface area (Å²) < 4.78 is 12.0. The predicted molar refractivity (Wildman–Crippen MR) is 128 cm³/mol. The van der Waals surface area contributed by atoms with E-state index >= 15 is 0 Å². The molecule has 0 radical (unpaired) electrons. The first-order valence-electron chi connectivity index (χ1n) is 10.6. The number of thiazole rings is 1. The van der Waals surface area contributed by atoms with Gasteiger partial charge in [-0.15, -0.1) is 0 Å². The third kappa shape index (κ3) is 5.06. The number of methoxy groups -OCH3 is 1. The van der Waals surface area contributed by atoms with Gasteiger partial charge in [0.05, 0.1) is 36.2 Å². The maximum absolute atomic E-state index is 13.5. The number of anilines is 1. The average Bonchev–Trinajstić information content (AvgIpc) is 3.26. The highest BCUT2D eigenvalue weighted by Gasteiger charge is 2.22. The number of rotatable bonds is 9.